The molecule has 0 spiro atoms. The maximum atomic E-state index is 12.8. The molecule has 0 bridgehead atoms. The van der Waals surface area contributed by atoms with Crippen molar-refractivity contribution in [3.63, 3.8) is 0 Å². The molecule has 3 rings (SSSR count). The molecule has 28 heavy (non-hydrogen) atoms. The van der Waals surface area contributed by atoms with Gasteiger partial charge >= 0.3 is 6.18 Å². The van der Waals surface area contributed by atoms with Crippen LogP contribution in [0.1, 0.15) is 11.1 Å². The molecule has 9 heteroatoms. The Bertz CT molecular complexity index is 971. The number of amidine groups is 1. The number of carbonyl (C=O) groups is 1. The van der Waals surface area contributed by atoms with Crippen LogP contribution in [0.5, 0.6) is 11.5 Å². The molecule has 0 saturated carbocycles. The van der Waals surface area contributed by atoms with E-state index in [1.165, 1.54) is 26.4 Å². The quantitative estimate of drug-likeness (QED) is 0.751. The molecule has 5 nitrogen and oxygen atoms in total. The first kappa shape index (κ1) is 19.8. The number of rotatable bonds is 4. The van der Waals surface area contributed by atoms with Crippen LogP contribution >= 0.6 is 11.8 Å². The molecule has 1 N–H and O–H groups in total. The van der Waals surface area contributed by atoms with Crippen molar-refractivity contribution in [2.24, 2.45) is 4.99 Å². The Kier molecular flexibility index (Phi) is 5.64. The van der Waals surface area contributed by atoms with Gasteiger partial charge in [0, 0.05) is 5.56 Å². The van der Waals surface area contributed by atoms with Gasteiger partial charge in [0.05, 0.1) is 30.4 Å². The van der Waals surface area contributed by atoms with Crippen molar-refractivity contribution in [1.82, 2.24) is 5.32 Å². The molecule has 1 saturated heterocycles. The fourth-order valence-electron chi connectivity index (χ4n) is 2.52. The van der Waals surface area contributed by atoms with Crippen molar-refractivity contribution in [2.75, 3.05) is 14.2 Å². The maximum Gasteiger partial charge on any atom is 0.416 e. The van der Waals surface area contributed by atoms with E-state index in [1.807, 2.05) is 0 Å². The Morgan fingerprint density at radius 1 is 1.11 bits per heavy atom. The third kappa shape index (κ3) is 4.30. The van der Waals surface area contributed by atoms with Gasteiger partial charge in [0.2, 0.25) is 0 Å². The lowest BCUT2D eigenvalue weighted by Crippen LogP contribution is -2.19. The highest BCUT2D eigenvalue weighted by molar-refractivity contribution is 8.18. The van der Waals surface area contributed by atoms with Crippen molar-refractivity contribution < 1.29 is 27.4 Å². The number of benzene rings is 2. The van der Waals surface area contributed by atoms with Crippen LogP contribution in [0, 0.1) is 0 Å². The van der Waals surface area contributed by atoms with Crippen molar-refractivity contribution in [3.8, 4) is 11.5 Å². The summed E-state index contributed by atoms with van der Waals surface area (Å²) in [6.07, 6.45) is -2.85. The van der Waals surface area contributed by atoms with E-state index in [2.05, 4.69) is 10.3 Å². The van der Waals surface area contributed by atoms with E-state index in [-0.39, 0.29) is 10.9 Å². The molecule has 0 radical (unpaired) electrons. The van der Waals surface area contributed by atoms with Crippen molar-refractivity contribution >= 4 is 34.6 Å². The molecule has 1 aliphatic rings. The Morgan fingerprint density at radius 3 is 2.54 bits per heavy atom. The highest BCUT2D eigenvalue weighted by Gasteiger charge is 2.30. The number of methoxy groups -OCH3 is 2. The molecule has 146 valence electrons. The molecule has 0 atom stereocenters. The lowest BCUT2D eigenvalue weighted by Gasteiger charge is -2.10. The number of alkyl halides is 3. The van der Waals surface area contributed by atoms with Gasteiger partial charge in [0.25, 0.3) is 5.91 Å². The van der Waals surface area contributed by atoms with Gasteiger partial charge in [-0.1, -0.05) is 18.2 Å². The minimum atomic E-state index is -4.46. The monoisotopic (exact) mass is 408 g/mol. The fourth-order valence-corrected chi connectivity index (χ4v) is 3.35. The number of halogens is 3. The summed E-state index contributed by atoms with van der Waals surface area (Å²) in [4.78, 5) is 16.7. The van der Waals surface area contributed by atoms with Gasteiger partial charge in [-0.05, 0) is 42.1 Å². The summed E-state index contributed by atoms with van der Waals surface area (Å²) in [5.41, 5.74) is -0.0850. The van der Waals surface area contributed by atoms with Gasteiger partial charge in [0.1, 0.15) is 0 Å². The molecule has 1 heterocycles. The Hall–Kier alpha value is -2.94. The average Bonchev–Trinajstić information content (AvgIpc) is 2.99. The molecule has 1 fully saturated rings. The summed E-state index contributed by atoms with van der Waals surface area (Å²) in [5.74, 6) is 0.577. The average molecular weight is 408 g/mol. The summed E-state index contributed by atoms with van der Waals surface area (Å²) in [6, 6.07) is 9.82. The molecule has 1 aliphatic heterocycles. The van der Waals surface area contributed by atoms with Crippen LogP contribution in [-0.4, -0.2) is 25.3 Å². The Balaban J connectivity index is 1.89. The lowest BCUT2D eigenvalue weighted by molar-refractivity contribution is -0.137. The number of carbonyl (C=O) groups excluding carboxylic acids is 1. The second kappa shape index (κ2) is 7.97. The predicted molar refractivity (Wildman–Crippen MR) is 102 cm³/mol. The zero-order valence-electron chi connectivity index (χ0n) is 14.8. The van der Waals surface area contributed by atoms with Gasteiger partial charge in [0.15, 0.2) is 16.7 Å². The summed E-state index contributed by atoms with van der Waals surface area (Å²) in [5, 5.41) is 2.74. The number of hydrogen-bond donors (Lipinski definition) is 1. The zero-order chi connectivity index (χ0) is 20.3. The van der Waals surface area contributed by atoms with Crippen LogP contribution in [0.4, 0.5) is 18.9 Å². The van der Waals surface area contributed by atoms with Gasteiger partial charge in [-0.25, -0.2) is 4.99 Å². The molecule has 2 aromatic carbocycles. The smallest absolute Gasteiger partial charge is 0.416 e. The Labute approximate surface area is 163 Å². The number of hydrogen-bond acceptors (Lipinski definition) is 5. The third-order valence-corrected chi connectivity index (χ3v) is 4.68. The second-order valence-electron chi connectivity index (χ2n) is 5.61. The summed E-state index contributed by atoms with van der Waals surface area (Å²) < 4.78 is 49.0. The molecular formula is C19H15F3N2O3S. The van der Waals surface area contributed by atoms with Crippen molar-refractivity contribution in [2.45, 2.75) is 6.18 Å². The fraction of sp³-hybridized carbons (Fsp3) is 0.158. The first-order valence-electron chi connectivity index (χ1n) is 7.99. The van der Waals surface area contributed by atoms with Crippen LogP contribution < -0.4 is 14.8 Å². The number of aliphatic imine (C=N–C) groups is 1. The van der Waals surface area contributed by atoms with Crippen LogP contribution in [0.15, 0.2) is 52.4 Å². The van der Waals surface area contributed by atoms with E-state index in [0.717, 1.165) is 23.9 Å². The number of nitrogens with zero attached hydrogens (tertiary/aromatic N) is 1. The SMILES string of the molecule is COc1cccc(C=C2SC(=Nc3cccc(C(F)(F)F)c3)NC2=O)c1OC. The van der Waals surface area contributed by atoms with E-state index < -0.39 is 17.6 Å². The first-order chi connectivity index (χ1) is 13.3. The molecule has 2 aromatic rings. The van der Waals surface area contributed by atoms with E-state index in [0.29, 0.717) is 22.0 Å². The standard InChI is InChI=1S/C19H15F3N2O3S/c1-26-14-8-3-5-11(16(14)27-2)9-15-17(25)24-18(28-15)23-13-7-4-6-12(10-13)19(20,21)22/h3-10H,1-2H3,(H,23,24,25). The summed E-state index contributed by atoms with van der Waals surface area (Å²) in [6.45, 7) is 0. The normalized spacial score (nSPS) is 17.1. The van der Waals surface area contributed by atoms with Crippen LogP contribution in [0.3, 0.4) is 0 Å². The van der Waals surface area contributed by atoms with Crippen LogP contribution in [0.25, 0.3) is 6.08 Å². The number of ether oxygens (including phenoxy) is 2. The predicted octanol–water partition coefficient (Wildman–Crippen LogP) is 4.61. The highest BCUT2D eigenvalue weighted by Crippen LogP contribution is 2.36. The van der Waals surface area contributed by atoms with Crippen molar-refractivity contribution in [3.05, 3.63) is 58.5 Å². The zero-order valence-corrected chi connectivity index (χ0v) is 15.6. The number of thioether (sulfide) groups is 1. The number of para-hydroxylation sites is 1. The molecule has 1 amide bonds. The molecular weight excluding hydrogens is 393 g/mol. The first-order valence-corrected chi connectivity index (χ1v) is 8.81. The van der Waals surface area contributed by atoms with E-state index >= 15 is 0 Å². The van der Waals surface area contributed by atoms with Gasteiger partial charge in [-0.3, -0.25) is 4.79 Å². The summed E-state index contributed by atoms with van der Waals surface area (Å²) in [7, 11) is 2.99. The third-order valence-electron chi connectivity index (χ3n) is 3.78. The number of nitrogens with one attached hydrogen (secondary N) is 1. The van der Waals surface area contributed by atoms with Crippen LogP contribution in [-0.2, 0) is 11.0 Å². The topological polar surface area (TPSA) is 59.9 Å². The van der Waals surface area contributed by atoms with E-state index in [9.17, 15) is 18.0 Å². The largest absolute Gasteiger partial charge is 0.493 e. The second-order valence-corrected chi connectivity index (χ2v) is 6.64. The number of amides is 1. The van der Waals surface area contributed by atoms with Crippen LogP contribution in [0.2, 0.25) is 0 Å². The van der Waals surface area contributed by atoms with Gasteiger partial charge in [-0.15, -0.1) is 0 Å². The van der Waals surface area contributed by atoms with Gasteiger partial charge in [-0.2, -0.15) is 13.2 Å². The van der Waals surface area contributed by atoms with Gasteiger partial charge < -0.3 is 14.8 Å². The van der Waals surface area contributed by atoms with Crippen molar-refractivity contribution in [1.29, 1.82) is 0 Å². The molecule has 0 aliphatic carbocycles. The van der Waals surface area contributed by atoms with E-state index in [1.54, 1.807) is 24.3 Å². The minimum Gasteiger partial charge on any atom is -0.493 e. The molecule has 0 unspecified atom stereocenters. The highest BCUT2D eigenvalue weighted by atomic mass is 32.2. The Morgan fingerprint density at radius 2 is 1.86 bits per heavy atom. The maximum absolute atomic E-state index is 12.8. The summed E-state index contributed by atoms with van der Waals surface area (Å²) >= 11 is 1.03. The molecule has 0 aromatic heterocycles. The lowest BCUT2D eigenvalue weighted by atomic mass is 10.1. The minimum absolute atomic E-state index is 0.0952. The van der Waals surface area contributed by atoms with E-state index in [4.69, 9.17) is 9.47 Å².